The van der Waals surface area contributed by atoms with Crippen LogP contribution in [0.25, 0.3) is 5.69 Å². The highest BCUT2D eigenvalue weighted by atomic mass is 32.5. The molecule has 1 heterocycles. The Hall–Kier alpha value is -1.57. The Bertz CT molecular complexity index is 761. The van der Waals surface area contributed by atoms with Crippen molar-refractivity contribution in [2.24, 2.45) is 0 Å². The lowest BCUT2D eigenvalue weighted by molar-refractivity contribution is 0.363. The maximum absolute atomic E-state index is 13.0. The summed E-state index contributed by atoms with van der Waals surface area (Å²) in [5.74, 6) is 0. The van der Waals surface area contributed by atoms with Crippen LogP contribution in [0.1, 0.15) is 76.5 Å². The summed E-state index contributed by atoms with van der Waals surface area (Å²) in [4.78, 5) is 1.86. The number of benzene rings is 1. The van der Waals surface area contributed by atoms with Gasteiger partial charge in [-0.2, -0.15) is 0 Å². The molecule has 0 saturated heterocycles. The van der Waals surface area contributed by atoms with Crippen LogP contribution in [0.2, 0.25) is 0 Å². The summed E-state index contributed by atoms with van der Waals surface area (Å²) in [6.07, 6.45) is 13.8. The molecular weight excluding hydrogens is 407 g/mol. The van der Waals surface area contributed by atoms with Crippen LogP contribution in [0.4, 0.5) is 19.4 Å². The average molecular weight is 441 g/mol. The minimum Gasteiger partial charge on any atom is -0.305 e. The number of aromatic nitrogens is 2. The summed E-state index contributed by atoms with van der Waals surface area (Å²) in [6, 6.07) is 2.83. The standard InChI is InChI=1S/C11H11F5N2S.C10H22/c1-8-3-4-10(18-6-9(2)17-7-18)11(5-8)19(12,13,14,15)16;1-3-5-7-9-10-8-6-4-2/h3-7H,1-2H3;3-10H2,1-2H3. The van der Waals surface area contributed by atoms with E-state index in [2.05, 4.69) is 18.8 Å². The van der Waals surface area contributed by atoms with Crippen molar-refractivity contribution in [3.05, 3.63) is 42.0 Å². The highest BCUT2D eigenvalue weighted by molar-refractivity contribution is 8.45. The fourth-order valence-electron chi connectivity index (χ4n) is 2.90. The first-order valence-corrected chi connectivity index (χ1v) is 12.1. The molecule has 2 aromatic rings. The largest absolute Gasteiger partial charge is 0.312 e. The van der Waals surface area contributed by atoms with Gasteiger partial charge < -0.3 is 4.57 Å². The zero-order valence-corrected chi connectivity index (χ0v) is 18.6. The van der Waals surface area contributed by atoms with Crippen LogP contribution in [-0.2, 0) is 0 Å². The quantitative estimate of drug-likeness (QED) is 0.280. The van der Waals surface area contributed by atoms with E-state index in [1.807, 2.05) is 0 Å². The van der Waals surface area contributed by atoms with Gasteiger partial charge >= 0.3 is 10.2 Å². The summed E-state index contributed by atoms with van der Waals surface area (Å²) >= 11 is 0. The molecule has 2 nitrogen and oxygen atoms in total. The van der Waals surface area contributed by atoms with E-state index < -0.39 is 20.8 Å². The molecule has 29 heavy (non-hydrogen) atoms. The van der Waals surface area contributed by atoms with Gasteiger partial charge in [-0.25, -0.2) is 4.98 Å². The lowest BCUT2D eigenvalue weighted by atomic mass is 10.1. The molecule has 168 valence electrons. The Morgan fingerprint density at radius 2 is 1.34 bits per heavy atom. The number of unbranched alkanes of at least 4 members (excludes halogenated alkanes) is 7. The molecule has 1 aromatic carbocycles. The van der Waals surface area contributed by atoms with Gasteiger partial charge in [0.2, 0.25) is 0 Å². The highest BCUT2D eigenvalue weighted by Gasteiger charge is 2.66. The predicted octanol–water partition coefficient (Wildman–Crippen LogP) is 9.29. The molecule has 0 aliphatic heterocycles. The van der Waals surface area contributed by atoms with Crippen molar-refractivity contribution in [1.29, 1.82) is 0 Å². The molecule has 0 fully saturated rings. The zero-order chi connectivity index (χ0) is 22.2. The van der Waals surface area contributed by atoms with Crippen molar-refractivity contribution >= 4 is 10.2 Å². The molecule has 2 rings (SSSR count). The third kappa shape index (κ3) is 9.19. The second-order valence-electron chi connectivity index (χ2n) is 7.48. The van der Waals surface area contributed by atoms with E-state index >= 15 is 0 Å². The van der Waals surface area contributed by atoms with Crippen LogP contribution in [-0.4, -0.2) is 9.55 Å². The topological polar surface area (TPSA) is 17.8 Å². The highest BCUT2D eigenvalue weighted by Crippen LogP contribution is 3.02. The molecule has 0 radical (unpaired) electrons. The van der Waals surface area contributed by atoms with Gasteiger partial charge in [0.05, 0.1) is 17.7 Å². The molecule has 1 aromatic heterocycles. The Kier molecular flexibility index (Phi) is 8.34. The normalized spacial score (nSPS) is 14.0. The van der Waals surface area contributed by atoms with Gasteiger partial charge in [0.1, 0.15) is 4.90 Å². The number of nitrogens with zero attached hydrogens (tertiary/aromatic N) is 2. The number of aryl methyl sites for hydroxylation is 2. The number of hydrogen-bond acceptors (Lipinski definition) is 1. The predicted molar refractivity (Wildman–Crippen MR) is 113 cm³/mol. The first-order valence-electron chi connectivity index (χ1n) is 10.1. The van der Waals surface area contributed by atoms with Crippen molar-refractivity contribution in [1.82, 2.24) is 9.55 Å². The number of imidazole rings is 1. The van der Waals surface area contributed by atoms with Gasteiger partial charge in [-0.1, -0.05) is 90.7 Å². The molecule has 0 aliphatic carbocycles. The van der Waals surface area contributed by atoms with Crippen molar-refractivity contribution in [2.75, 3.05) is 0 Å². The van der Waals surface area contributed by atoms with Crippen LogP contribution >= 0.6 is 10.2 Å². The van der Waals surface area contributed by atoms with Crippen molar-refractivity contribution in [2.45, 2.75) is 84.0 Å². The van der Waals surface area contributed by atoms with Crippen LogP contribution in [0.5, 0.6) is 0 Å². The lowest BCUT2D eigenvalue weighted by Crippen LogP contribution is -2.10. The number of halogens is 5. The van der Waals surface area contributed by atoms with Crippen LogP contribution < -0.4 is 0 Å². The SMILES string of the molecule is CCCCCCCCCC.Cc1ccc(-n2cnc(C)c2)c(S(F)(F)(F)(F)F)c1. The maximum Gasteiger partial charge on any atom is 0.312 e. The molecule has 0 spiro atoms. The summed E-state index contributed by atoms with van der Waals surface area (Å²) in [7, 11) is -9.75. The van der Waals surface area contributed by atoms with E-state index in [4.69, 9.17) is 0 Å². The van der Waals surface area contributed by atoms with Gasteiger partial charge in [0, 0.05) is 6.20 Å². The Morgan fingerprint density at radius 3 is 1.76 bits per heavy atom. The molecule has 0 bridgehead atoms. The van der Waals surface area contributed by atoms with Gasteiger partial charge in [-0.05, 0) is 31.5 Å². The minimum absolute atomic E-state index is 0.115. The van der Waals surface area contributed by atoms with Crippen LogP contribution in [0.15, 0.2) is 35.6 Å². The minimum atomic E-state index is -9.75. The second kappa shape index (κ2) is 9.49. The zero-order valence-electron chi connectivity index (χ0n) is 17.7. The molecule has 0 atom stereocenters. The first kappa shape index (κ1) is 25.5. The summed E-state index contributed by atoms with van der Waals surface area (Å²) in [6.45, 7) is 7.43. The summed E-state index contributed by atoms with van der Waals surface area (Å²) < 4.78 is 66.2. The molecule has 0 aliphatic rings. The molecule has 0 N–H and O–H groups in total. The van der Waals surface area contributed by atoms with E-state index in [-0.39, 0.29) is 5.56 Å². The molecule has 8 heteroatoms. The second-order valence-corrected chi connectivity index (χ2v) is 9.86. The van der Waals surface area contributed by atoms with Gasteiger partial charge in [-0.15, -0.1) is 0 Å². The van der Waals surface area contributed by atoms with E-state index in [0.717, 1.165) is 17.0 Å². The average Bonchev–Trinajstić information content (AvgIpc) is 3.03. The summed E-state index contributed by atoms with van der Waals surface area (Å²) in [5, 5.41) is 0. The fourth-order valence-corrected chi connectivity index (χ4v) is 3.88. The Morgan fingerprint density at radius 1 is 0.828 bits per heavy atom. The van der Waals surface area contributed by atoms with Crippen LogP contribution in [0.3, 0.4) is 0 Å². The van der Waals surface area contributed by atoms with Gasteiger partial charge in [0.15, 0.2) is 0 Å². The molecule has 0 amide bonds. The molecule has 0 unspecified atom stereocenters. The van der Waals surface area contributed by atoms with Gasteiger partial charge in [0.25, 0.3) is 0 Å². The Balaban J connectivity index is 0.000000359. The molecular formula is C21H33F5N2S. The number of hydrogen-bond donors (Lipinski definition) is 0. The smallest absolute Gasteiger partial charge is 0.305 e. The number of rotatable bonds is 9. The lowest BCUT2D eigenvalue weighted by Gasteiger charge is -2.41. The Labute approximate surface area is 171 Å². The third-order valence-corrected chi connectivity index (χ3v) is 5.64. The molecule has 0 saturated carbocycles. The fraction of sp³-hybridized carbons (Fsp3) is 0.571. The van der Waals surface area contributed by atoms with Crippen molar-refractivity contribution in [3.8, 4) is 5.69 Å². The van der Waals surface area contributed by atoms with E-state index in [1.165, 1.54) is 70.6 Å². The van der Waals surface area contributed by atoms with E-state index in [1.54, 1.807) is 6.92 Å². The van der Waals surface area contributed by atoms with E-state index in [9.17, 15) is 19.4 Å². The third-order valence-electron chi connectivity index (χ3n) is 4.48. The van der Waals surface area contributed by atoms with E-state index in [0.29, 0.717) is 11.8 Å². The first-order chi connectivity index (χ1) is 13.3. The monoisotopic (exact) mass is 440 g/mol. The maximum atomic E-state index is 13.0. The van der Waals surface area contributed by atoms with Crippen molar-refractivity contribution in [3.63, 3.8) is 0 Å². The van der Waals surface area contributed by atoms with Gasteiger partial charge in [-0.3, -0.25) is 0 Å². The van der Waals surface area contributed by atoms with Crippen LogP contribution in [0, 0.1) is 13.8 Å². The summed E-state index contributed by atoms with van der Waals surface area (Å²) in [5.41, 5.74) is -0.0668. The van der Waals surface area contributed by atoms with Crippen molar-refractivity contribution < 1.29 is 19.4 Å².